The fourth-order valence-corrected chi connectivity index (χ4v) is 2.51. The number of Topliss-reactive ketones (excluding diaryl/α,β-unsaturated/α-hetero) is 1. The molecule has 0 unspecified atom stereocenters. The first-order chi connectivity index (χ1) is 12.1. The molecular weight excluding hydrogens is 314 g/mol. The van der Waals surface area contributed by atoms with Crippen molar-refractivity contribution in [3.63, 3.8) is 0 Å². The molecule has 2 aromatic carbocycles. The first-order valence-corrected chi connectivity index (χ1v) is 8.32. The van der Waals surface area contributed by atoms with E-state index in [-0.39, 0.29) is 18.3 Å². The minimum absolute atomic E-state index is 0.0480. The Morgan fingerprint density at radius 3 is 2.16 bits per heavy atom. The van der Waals surface area contributed by atoms with Crippen LogP contribution in [-0.2, 0) is 20.9 Å². The number of hydrogen-bond acceptors (Lipinski definition) is 4. The van der Waals surface area contributed by atoms with Gasteiger partial charge in [0.05, 0.1) is 6.61 Å². The van der Waals surface area contributed by atoms with Crippen molar-refractivity contribution in [2.45, 2.75) is 20.4 Å². The molecule has 0 radical (unpaired) electrons. The van der Waals surface area contributed by atoms with Gasteiger partial charge < -0.3 is 9.64 Å². The van der Waals surface area contributed by atoms with Gasteiger partial charge in [-0.25, -0.2) is 0 Å². The molecule has 4 nitrogen and oxygen atoms in total. The second-order valence-corrected chi connectivity index (χ2v) is 5.66. The van der Waals surface area contributed by atoms with Crippen LogP contribution in [0, 0.1) is 0 Å². The lowest BCUT2D eigenvalue weighted by molar-refractivity contribution is -0.143. The Morgan fingerprint density at radius 2 is 1.60 bits per heavy atom. The van der Waals surface area contributed by atoms with E-state index in [4.69, 9.17) is 4.74 Å². The third kappa shape index (κ3) is 5.92. The van der Waals surface area contributed by atoms with Crippen LogP contribution in [-0.4, -0.2) is 29.8 Å². The van der Waals surface area contributed by atoms with Gasteiger partial charge in [0.1, 0.15) is 6.54 Å². The summed E-state index contributed by atoms with van der Waals surface area (Å²) >= 11 is 0. The number of hydrogen-bond donors (Lipinski definition) is 0. The van der Waals surface area contributed by atoms with Gasteiger partial charge in [-0.3, -0.25) is 9.59 Å². The number of nitrogens with zero attached hydrogens (tertiary/aromatic N) is 1. The van der Waals surface area contributed by atoms with Crippen molar-refractivity contribution in [1.29, 1.82) is 0 Å². The first kappa shape index (κ1) is 18.5. The summed E-state index contributed by atoms with van der Waals surface area (Å²) in [6, 6.07) is 19.3. The normalized spacial score (nSPS) is 11.0. The molecule has 0 aliphatic carbocycles. The van der Waals surface area contributed by atoms with Gasteiger partial charge >= 0.3 is 5.97 Å². The molecule has 0 aromatic heterocycles. The third-order valence-electron chi connectivity index (χ3n) is 3.64. The number of rotatable bonds is 8. The second-order valence-electron chi connectivity index (χ2n) is 5.66. The maximum absolute atomic E-state index is 12.1. The van der Waals surface area contributed by atoms with Crippen molar-refractivity contribution >= 4 is 17.3 Å². The van der Waals surface area contributed by atoms with Crippen molar-refractivity contribution < 1.29 is 14.3 Å². The summed E-state index contributed by atoms with van der Waals surface area (Å²) in [7, 11) is 0. The van der Waals surface area contributed by atoms with Crippen LogP contribution in [0.5, 0.6) is 0 Å². The van der Waals surface area contributed by atoms with Crippen molar-refractivity contribution in [2.24, 2.45) is 0 Å². The molecule has 0 amide bonds. The monoisotopic (exact) mass is 337 g/mol. The highest BCUT2D eigenvalue weighted by molar-refractivity contribution is 6.19. The Kier molecular flexibility index (Phi) is 6.96. The van der Waals surface area contributed by atoms with Gasteiger partial charge in [-0.2, -0.15) is 0 Å². The van der Waals surface area contributed by atoms with E-state index in [2.05, 4.69) is 0 Å². The lowest BCUT2D eigenvalue weighted by atomic mass is 10.0. The minimum atomic E-state index is -0.314. The van der Waals surface area contributed by atoms with E-state index >= 15 is 0 Å². The number of allylic oxidation sites excluding steroid dienone is 1. The Morgan fingerprint density at radius 1 is 1.00 bits per heavy atom. The molecule has 0 heterocycles. The fraction of sp³-hybridized carbons (Fsp3) is 0.238. The van der Waals surface area contributed by atoms with E-state index in [1.807, 2.05) is 65.6 Å². The van der Waals surface area contributed by atoms with Gasteiger partial charge in [0.2, 0.25) is 0 Å². The summed E-state index contributed by atoms with van der Waals surface area (Å²) in [6.07, 6.45) is 1.75. The van der Waals surface area contributed by atoms with Crippen molar-refractivity contribution in [3.8, 4) is 0 Å². The van der Waals surface area contributed by atoms with Crippen molar-refractivity contribution in [3.05, 3.63) is 78.0 Å². The van der Waals surface area contributed by atoms with Crippen LogP contribution in [0.25, 0.3) is 5.57 Å². The summed E-state index contributed by atoms with van der Waals surface area (Å²) in [6.45, 7) is 4.25. The van der Waals surface area contributed by atoms with Crippen LogP contribution in [0.15, 0.2) is 66.9 Å². The number of benzene rings is 2. The average Bonchev–Trinajstić information content (AvgIpc) is 2.61. The topological polar surface area (TPSA) is 46.6 Å². The van der Waals surface area contributed by atoms with Crippen LogP contribution in [0.2, 0.25) is 0 Å². The van der Waals surface area contributed by atoms with E-state index in [1.54, 1.807) is 13.1 Å². The van der Waals surface area contributed by atoms with E-state index in [0.717, 1.165) is 11.1 Å². The Bertz CT molecular complexity index is 723. The van der Waals surface area contributed by atoms with Crippen LogP contribution in [0.4, 0.5) is 0 Å². The van der Waals surface area contributed by atoms with E-state index in [1.165, 1.54) is 6.92 Å². The summed E-state index contributed by atoms with van der Waals surface area (Å²) in [5.74, 6) is -0.362. The Balaban J connectivity index is 2.31. The molecule has 0 aliphatic rings. The maximum Gasteiger partial charge on any atom is 0.325 e. The zero-order valence-electron chi connectivity index (χ0n) is 14.6. The zero-order chi connectivity index (χ0) is 18.1. The van der Waals surface area contributed by atoms with Crippen molar-refractivity contribution in [2.75, 3.05) is 13.2 Å². The maximum atomic E-state index is 12.1. The van der Waals surface area contributed by atoms with Gasteiger partial charge in [-0.15, -0.1) is 0 Å². The molecule has 2 rings (SSSR count). The molecule has 0 saturated heterocycles. The predicted molar refractivity (Wildman–Crippen MR) is 98.6 cm³/mol. The molecule has 0 N–H and O–H groups in total. The molecule has 0 atom stereocenters. The lowest BCUT2D eigenvalue weighted by Crippen LogP contribution is -2.27. The SMILES string of the molecule is CCOC(=O)CN(/C=C(\C(C)=O)c1ccccc1)Cc1ccccc1. The second kappa shape index (κ2) is 9.42. The van der Waals surface area contributed by atoms with Gasteiger partial charge in [0.15, 0.2) is 5.78 Å². The summed E-state index contributed by atoms with van der Waals surface area (Å²) in [5, 5.41) is 0. The van der Waals surface area contributed by atoms with Crippen LogP contribution >= 0.6 is 0 Å². The largest absolute Gasteiger partial charge is 0.465 e. The summed E-state index contributed by atoms with van der Waals surface area (Å²) in [4.78, 5) is 25.9. The Labute approximate surface area is 148 Å². The highest BCUT2D eigenvalue weighted by Crippen LogP contribution is 2.17. The first-order valence-electron chi connectivity index (χ1n) is 8.32. The lowest BCUT2D eigenvalue weighted by Gasteiger charge is -2.21. The van der Waals surface area contributed by atoms with E-state index in [0.29, 0.717) is 18.7 Å². The van der Waals surface area contributed by atoms with Gasteiger partial charge in [0.25, 0.3) is 0 Å². The molecule has 4 heteroatoms. The molecular formula is C21H23NO3. The van der Waals surface area contributed by atoms with Crippen molar-refractivity contribution in [1.82, 2.24) is 4.90 Å². The number of carbonyl (C=O) groups excluding carboxylic acids is 2. The number of carbonyl (C=O) groups is 2. The smallest absolute Gasteiger partial charge is 0.325 e. The molecule has 130 valence electrons. The van der Waals surface area contributed by atoms with Gasteiger partial charge in [0, 0.05) is 18.3 Å². The van der Waals surface area contributed by atoms with Crippen LogP contribution in [0.1, 0.15) is 25.0 Å². The number of ether oxygens (including phenoxy) is 1. The molecule has 0 saturated carbocycles. The van der Waals surface area contributed by atoms with Crippen LogP contribution in [0.3, 0.4) is 0 Å². The molecule has 0 aliphatic heterocycles. The Hall–Kier alpha value is -2.88. The van der Waals surface area contributed by atoms with Gasteiger partial charge in [-0.1, -0.05) is 60.7 Å². The molecule has 25 heavy (non-hydrogen) atoms. The quantitative estimate of drug-likeness (QED) is 0.544. The number of ketones is 1. The summed E-state index contributed by atoms with van der Waals surface area (Å²) < 4.78 is 5.06. The van der Waals surface area contributed by atoms with Crippen LogP contribution < -0.4 is 0 Å². The third-order valence-corrected chi connectivity index (χ3v) is 3.64. The minimum Gasteiger partial charge on any atom is -0.465 e. The molecule has 2 aromatic rings. The standard InChI is InChI=1S/C21H23NO3/c1-3-25-21(24)16-22(14-18-10-6-4-7-11-18)15-20(17(2)23)19-12-8-5-9-13-19/h4-13,15H,3,14,16H2,1-2H3/b20-15+. The molecule has 0 spiro atoms. The molecule has 0 fully saturated rings. The highest BCUT2D eigenvalue weighted by atomic mass is 16.5. The fourth-order valence-electron chi connectivity index (χ4n) is 2.51. The predicted octanol–water partition coefficient (Wildman–Crippen LogP) is 3.68. The van der Waals surface area contributed by atoms with Gasteiger partial charge in [-0.05, 0) is 25.0 Å². The zero-order valence-corrected chi connectivity index (χ0v) is 14.6. The number of esters is 1. The van der Waals surface area contributed by atoms with E-state index < -0.39 is 0 Å². The molecule has 0 bridgehead atoms. The summed E-state index contributed by atoms with van der Waals surface area (Å²) in [5.41, 5.74) is 2.46. The highest BCUT2D eigenvalue weighted by Gasteiger charge is 2.13. The average molecular weight is 337 g/mol. The van der Waals surface area contributed by atoms with E-state index in [9.17, 15) is 9.59 Å².